The summed E-state index contributed by atoms with van der Waals surface area (Å²) < 4.78 is 26.9. The average Bonchev–Trinajstić information content (AvgIpc) is 2.74. The van der Waals surface area contributed by atoms with Gasteiger partial charge in [0, 0.05) is 26.2 Å². The summed E-state index contributed by atoms with van der Waals surface area (Å²) in [7, 11) is -3.39. The summed E-state index contributed by atoms with van der Waals surface area (Å²) in [4.78, 5) is 4.80. The lowest BCUT2D eigenvalue weighted by molar-refractivity contribution is 0.279. The van der Waals surface area contributed by atoms with Crippen molar-refractivity contribution in [1.82, 2.24) is 9.62 Å². The van der Waals surface area contributed by atoms with Crippen LogP contribution in [-0.2, 0) is 16.4 Å². The molecule has 0 amide bonds. The predicted octanol–water partition coefficient (Wildman–Crippen LogP) is 2.85. The molecule has 0 spiro atoms. The lowest BCUT2D eigenvalue weighted by atomic mass is 9.98. The van der Waals surface area contributed by atoms with E-state index in [1.165, 1.54) is 5.56 Å². The van der Waals surface area contributed by atoms with Crippen LogP contribution in [0.2, 0.25) is 0 Å². The van der Waals surface area contributed by atoms with Crippen molar-refractivity contribution in [2.45, 2.75) is 24.2 Å². The highest BCUT2D eigenvalue weighted by molar-refractivity contribution is 14.0. The highest BCUT2D eigenvalue weighted by Gasteiger charge is 2.29. The summed E-state index contributed by atoms with van der Waals surface area (Å²) in [5.41, 5.74) is 7.22. The predicted molar refractivity (Wildman–Crippen MR) is 128 cm³/mol. The zero-order chi connectivity index (χ0) is 19.8. The molecule has 158 valence electrons. The number of benzene rings is 2. The van der Waals surface area contributed by atoms with Crippen molar-refractivity contribution in [3.63, 3.8) is 0 Å². The molecule has 8 heteroatoms. The molecule has 0 unspecified atom stereocenters. The van der Waals surface area contributed by atoms with Gasteiger partial charge in [-0.25, -0.2) is 8.42 Å². The van der Waals surface area contributed by atoms with E-state index in [4.69, 9.17) is 5.73 Å². The van der Waals surface area contributed by atoms with Crippen LogP contribution in [0.15, 0.2) is 70.6 Å². The van der Waals surface area contributed by atoms with E-state index < -0.39 is 10.0 Å². The Bertz CT molecular complexity index is 868. The molecular formula is C21H29IN4O2S. The van der Waals surface area contributed by atoms with Crippen LogP contribution in [0, 0.1) is 5.92 Å². The minimum absolute atomic E-state index is 0. The quantitative estimate of drug-likeness (QED) is 0.329. The third-order valence-corrected chi connectivity index (χ3v) is 6.95. The molecule has 1 fully saturated rings. The molecule has 3 N–H and O–H groups in total. The summed E-state index contributed by atoms with van der Waals surface area (Å²) in [6.07, 6.45) is 2.49. The van der Waals surface area contributed by atoms with Gasteiger partial charge in [-0.2, -0.15) is 4.31 Å². The Kier molecular flexibility index (Phi) is 9.38. The Labute approximate surface area is 190 Å². The Morgan fingerprint density at radius 2 is 1.62 bits per heavy atom. The van der Waals surface area contributed by atoms with E-state index in [1.54, 1.807) is 28.6 Å². The Morgan fingerprint density at radius 1 is 1.03 bits per heavy atom. The van der Waals surface area contributed by atoms with Crippen molar-refractivity contribution < 1.29 is 8.42 Å². The lowest BCUT2D eigenvalue weighted by Gasteiger charge is -2.30. The first-order chi connectivity index (χ1) is 13.6. The van der Waals surface area contributed by atoms with E-state index >= 15 is 0 Å². The zero-order valence-corrected chi connectivity index (χ0v) is 19.6. The van der Waals surface area contributed by atoms with E-state index in [9.17, 15) is 8.42 Å². The number of halogens is 1. The minimum Gasteiger partial charge on any atom is -0.370 e. The van der Waals surface area contributed by atoms with Crippen LogP contribution in [0.3, 0.4) is 0 Å². The van der Waals surface area contributed by atoms with E-state index in [0.29, 0.717) is 36.4 Å². The van der Waals surface area contributed by atoms with Gasteiger partial charge in [-0.1, -0.05) is 48.5 Å². The summed E-state index contributed by atoms with van der Waals surface area (Å²) in [6, 6.07) is 18.8. The van der Waals surface area contributed by atoms with Gasteiger partial charge < -0.3 is 11.1 Å². The van der Waals surface area contributed by atoms with Crippen LogP contribution < -0.4 is 11.1 Å². The summed E-state index contributed by atoms with van der Waals surface area (Å²) in [5.74, 6) is 0.812. The standard InChI is InChI=1S/C21H28N4O2S.HI/c22-21(23-14-11-18-7-3-1-4-8-18)24-17-19-12-15-25(16-13-19)28(26,27)20-9-5-2-6-10-20;/h1-10,19H,11-17H2,(H3,22,23,24);1H. The van der Waals surface area contributed by atoms with Gasteiger partial charge in [0.25, 0.3) is 0 Å². The fraction of sp³-hybridized carbons (Fsp3) is 0.381. The van der Waals surface area contributed by atoms with E-state index in [0.717, 1.165) is 25.8 Å². The topological polar surface area (TPSA) is 87.8 Å². The molecule has 1 saturated heterocycles. The Hall–Kier alpha value is -1.65. The first-order valence-electron chi connectivity index (χ1n) is 9.68. The molecule has 29 heavy (non-hydrogen) atoms. The molecule has 2 aromatic carbocycles. The molecule has 1 aliphatic rings. The number of aliphatic imine (C=N–C) groups is 1. The monoisotopic (exact) mass is 528 g/mol. The molecule has 3 rings (SSSR count). The maximum absolute atomic E-state index is 12.7. The van der Waals surface area contributed by atoms with Crippen LogP contribution in [0.4, 0.5) is 0 Å². The second-order valence-electron chi connectivity index (χ2n) is 7.05. The number of hydrogen-bond acceptors (Lipinski definition) is 3. The second-order valence-corrected chi connectivity index (χ2v) is 8.99. The molecule has 0 atom stereocenters. The Balaban J connectivity index is 0.00000300. The molecule has 6 nitrogen and oxygen atoms in total. The number of guanidine groups is 1. The van der Waals surface area contributed by atoms with Crippen LogP contribution in [0.1, 0.15) is 18.4 Å². The van der Waals surface area contributed by atoms with E-state index in [2.05, 4.69) is 22.4 Å². The van der Waals surface area contributed by atoms with Gasteiger partial charge in [0.05, 0.1) is 4.90 Å². The van der Waals surface area contributed by atoms with Crippen molar-refractivity contribution in [2.75, 3.05) is 26.2 Å². The molecule has 0 saturated carbocycles. The van der Waals surface area contributed by atoms with Gasteiger partial charge in [0.2, 0.25) is 10.0 Å². The molecular weight excluding hydrogens is 499 g/mol. The number of rotatable bonds is 7. The number of piperidine rings is 1. The van der Waals surface area contributed by atoms with Crippen LogP contribution in [0.25, 0.3) is 0 Å². The first-order valence-corrected chi connectivity index (χ1v) is 11.1. The lowest BCUT2D eigenvalue weighted by Crippen LogP contribution is -2.39. The summed E-state index contributed by atoms with van der Waals surface area (Å²) in [5, 5.41) is 3.15. The molecule has 0 aromatic heterocycles. The molecule has 1 heterocycles. The highest BCUT2D eigenvalue weighted by atomic mass is 127. The van der Waals surface area contributed by atoms with Gasteiger partial charge in [0.15, 0.2) is 5.96 Å². The largest absolute Gasteiger partial charge is 0.370 e. The van der Waals surface area contributed by atoms with Gasteiger partial charge >= 0.3 is 0 Å². The fourth-order valence-corrected chi connectivity index (χ4v) is 4.83. The van der Waals surface area contributed by atoms with Gasteiger partial charge in [-0.15, -0.1) is 24.0 Å². The maximum Gasteiger partial charge on any atom is 0.243 e. The fourth-order valence-electron chi connectivity index (χ4n) is 3.34. The van der Waals surface area contributed by atoms with Gasteiger partial charge in [0.1, 0.15) is 0 Å². The number of sulfonamides is 1. The van der Waals surface area contributed by atoms with Crippen molar-refractivity contribution in [3.05, 3.63) is 66.2 Å². The van der Waals surface area contributed by atoms with E-state index in [-0.39, 0.29) is 24.0 Å². The molecule has 0 aliphatic carbocycles. The van der Waals surface area contributed by atoms with Crippen molar-refractivity contribution in [1.29, 1.82) is 0 Å². The van der Waals surface area contributed by atoms with E-state index in [1.807, 2.05) is 24.3 Å². The van der Waals surface area contributed by atoms with Crippen LogP contribution in [0.5, 0.6) is 0 Å². The number of nitrogens with zero attached hydrogens (tertiary/aromatic N) is 2. The normalized spacial score (nSPS) is 16.2. The molecule has 1 aliphatic heterocycles. The van der Waals surface area contributed by atoms with Crippen molar-refractivity contribution in [3.8, 4) is 0 Å². The van der Waals surface area contributed by atoms with Crippen LogP contribution in [-0.4, -0.2) is 44.9 Å². The highest BCUT2D eigenvalue weighted by Crippen LogP contribution is 2.23. The number of hydrogen-bond donors (Lipinski definition) is 2. The SMILES string of the molecule is I.NC(=NCC1CCN(S(=O)(=O)c2ccccc2)CC1)NCCc1ccccc1. The summed E-state index contributed by atoms with van der Waals surface area (Å²) in [6.45, 7) is 2.42. The zero-order valence-electron chi connectivity index (χ0n) is 16.4. The molecule has 0 bridgehead atoms. The maximum atomic E-state index is 12.7. The second kappa shape index (κ2) is 11.5. The smallest absolute Gasteiger partial charge is 0.243 e. The first kappa shape index (κ1) is 23.6. The van der Waals surface area contributed by atoms with Crippen molar-refractivity contribution >= 4 is 40.0 Å². The van der Waals surface area contributed by atoms with Crippen molar-refractivity contribution in [2.24, 2.45) is 16.6 Å². The average molecular weight is 528 g/mol. The van der Waals surface area contributed by atoms with Gasteiger partial charge in [-0.05, 0) is 42.9 Å². The third-order valence-electron chi connectivity index (χ3n) is 5.04. The number of nitrogens with one attached hydrogen (secondary N) is 1. The molecule has 2 aromatic rings. The third kappa shape index (κ3) is 6.97. The van der Waals surface area contributed by atoms with Gasteiger partial charge in [-0.3, -0.25) is 4.99 Å². The molecule has 0 radical (unpaired) electrons. The van der Waals surface area contributed by atoms with Crippen LogP contribution >= 0.6 is 24.0 Å². The Morgan fingerprint density at radius 3 is 2.24 bits per heavy atom. The summed E-state index contributed by atoms with van der Waals surface area (Å²) >= 11 is 0. The minimum atomic E-state index is -3.39. The number of nitrogens with two attached hydrogens (primary N) is 1.